The van der Waals surface area contributed by atoms with E-state index in [-0.39, 0.29) is 5.41 Å². The minimum absolute atomic E-state index is 0.0204. The van der Waals surface area contributed by atoms with Crippen LogP contribution in [0.4, 0.5) is 0 Å². The Morgan fingerprint density at radius 3 is 2.53 bits per heavy atom. The van der Waals surface area contributed by atoms with E-state index < -0.39 is 0 Å². The molecular formula is C16H23ClO2. The molecule has 0 unspecified atom stereocenters. The molecule has 0 fully saturated rings. The van der Waals surface area contributed by atoms with E-state index in [1.165, 1.54) is 0 Å². The smallest absolute Gasteiger partial charge is 0.122 e. The monoisotopic (exact) mass is 282 g/mol. The van der Waals surface area contributed by atoms with Crippen LogP contribution in [0.15, 0.2) is 29.8 Å². The third-order valence-corrected chi connectivity index (χ3v) is 3.29. The number of rotatable bonds is 5. The normalized spacial score (nSPS) is 12.4. The lowest BCUT2D eigenvalue weighted by atomic mass is 9.86. The molecule has 0 spiro atoms. The highest BCUT2D eigenvalue weighted by atomic mass is 35.5. The fourth-order valence-electron chi connectivity index (χ4n) is 1.70. The van der Waals surface area contributed by atoms with Gasteiger partial charge < -0.3 is 9.47 Å². The van der Waals surface area contributed by atoms with Crippen LogP contribution in [-0.4, -0.2) is 19.6 Å². The van der Waals surface area contributed by atoms with Crippen LogP contribution >= 0.6 is 11.6 Å². The van der Waals surface area contributed by atoms with E-state index in [0.29, 0.717) is 12.5 Å². The maximum absolute atomic E-state index is 5.72. The predicted molar refractivity (Wildman–Crippen MR) is 81.7 cm³/mol. The van der Waals surface area contributed by atoms with Crippen molar-refractivity contribution in [2.24, 2.45) is 0 Å². The van der Waals surface area contributed by atoms with Gasteiger partial charge in [-0.05, 0) is 36.6 Å². The van der Waals surface area contributed by atoms with Crippen molar-refractivity contribution in [1.29, 1.82) is 0 Å². The van der Waals surface area contributed by atoms with Gasteiger partial charge in [-0.3, -0.25) is 0 Å². The van der Waals surface area contributed by atoms with E-state index >= 15 is 0 Å². The average molecular weight is 283 g/mol. The number of hydrogen-bond acceptors (Lipinski definition) is 2. The summed E-state index contributed by atoms with van der Waals surface area (Å²) in [6.07, 6.45) is 1.99. The van der Waals surface area contributed by atoms with Crippen molar-refractivity contribution in [1.82, 2.24) is 0 Å². The lowest BCUT2D eigenvalue weighted by Gasteiger charge is -2.22. The first-order valence-electron chi connectivity index (χ1n) is 6.41. The summed E-state index contributed by atoms with van der Waals surface area (Å²) < 4.78 is 11.1. The van der Waals surface area contributed by atoms with Gasteiger partial charge in [-0.2, -0.15) is 0 Å². The van der Waals surface area contributed by atoms with E-state index in [1.54, 1.807) is 7.11 Å². The SMILES string of the molecule is COc1ccc(OC/C=C(\C)CCl)cc1C(C)(C)C. The zero-order valence-electron chi connectivity index (χ0n) is 12.4. The van der Waals surface area contributed by atoms with Crippen LogP contribution in [-0.2, 0) is 5.41 Å². The van der Waals surface area contributed by atoms with Crippen LogP contribution in [0.1, 0.15) is 33.3 Å². The third-order valence-electron chi connectivity index (χ3n) is 2.87. The Morgan fingerprint density at radius 1 is 1.32 bits per heavy atom. The van der Waals surface area contributed by atoms with Gasteiger partial charge in [-0.1, -0.05) is 26.3 Å². The van der Waals surface area contributed by atoms with Crippen LogP contribution in [0.5, 0.6) is 11.5 Å². The minimum atomic E-state index is 0.0204. The van der Waals surface area contributed by atoms with Crippen molar-refractivity contribution in [3.63, 3.8) is 0 Å². The molecule has 0 radical (unpaired) electrons. The van der Waals surface area contributed by atoms with E-state index in [2.05, 4.69) is 20.8 Å². The fourth-order valence-corrected chi connectivity index (χ4v) is 1.81. The lowest BCUT2D eigenvalue weighted by molar-refractivity contribution is 0.356. The maximum atomic E-state index is 5.72. The molecule has 0 saturated heterocycles. The first-order valence-corrected chi connectivity index (χ1v) is 6.95. The zero-order chi connectivity index (χ0) is 14.5. The minimum Gasteiger partial charge on any atom is -0.496 e. The number of halogens is 1. The van der Waals surface area contributed by atoms with Crippen molar-refractivity contribution < 1.29 is 9.47 Å². The lowest BCUT2D eigenvalue weighted by Crippen LogP contribution is -2.13. The van der Waals surface area contributed by atoms with Gasteiger partial charge in [-0.25, -0.2) is 0 Å². The first kappa shape index (κ1) is 15.9. The first-order chi connectivity index (χ1) is 8.88. The Kier molecular flexibility index (Phi) is 5.74. The van der Waals surface area contributed by atoms with E-state index in [0.717, 1.165) is 22.6 Å². The molecule has 0 N–H and O–H groups in total. The van der Waals surface area contributed by atoms with E-state index in [9.17, 15) is 0 Å². The molecule has 0 atom stereocenters. The average Bonchev–Trinajstić information content (AvgIpc) is 2.37. The predicted octanol–water partition coefficient (Wildman–Crippen LogP) is 4.56. The molecule has 1 rings (SSSR count). The van der Waals surface area contributed by atoms with Gasteiger partial charge in [0, 0.05) is 11.4 Å². The van der Waals surface area contributed by atoms with Crippen molar-refractivity contribution in [3.8, 4) is 11.5 Å². The van der Waals surface area contributed by atoms with Crippen molar-refractivity contribution in [2.75, 3.05) is 19.6 Å². The standard InChI is InChI=1S/C16H23ClO2/c1-12(11-17)8-9-19-13-6-7-15(18-5)14(10-13)16(2,3)4/h6-8,10H,9,11H2,1-5H3/b12-8+. The summed E-state index contributed by atoms with van der Waals surface area (Å²) in [5, 5.41) is 0. The van der Waals surface area contributed by atoms with Gasteiger partial charge in [0.2, 0.25) is 0 Å². The molecule has 0 saturated carbocycles. The van der Waals surface area contributed by atoms with Gasteiger partial charge in [0.25, 0.3) is 0 Å². The molecule has 1 aromatic rings. The third kappa shape index (κ3) is 4.79. The molecule has 0 aliphatic heterocycles. The van der Waals surface area contributed by atoms with Gasteiger partial charge in [0.05, 0.1) is 7.11 Å². The van der Waals surface area contributed by atoms with Crippen LogP contribution in [0, 0.1) is 0 Å². The summed E-state index contributed by atoms with van der Waals surface area (Å²) in [7, 11) is 1.69. The molecule has 0 aliphatic rings. The van der Waals surface area contributed by atoms with Gasteiger partial charge in [0.15, 0.2) is 0 Å². The maximum Gasteiger partial charge on any atom is 0.122 e. The Hall–Kier alpha value is -1.15. The van der Waals surface area contributed by atoms with E-state index in [4.69, 9.17) is 21.1 Å². The summed E-state index contributed by atoms with van der Waals surface area (Å²) in [5.41, 5.74) is 2.28. The van der Waals surface area contributed by atoms with Crippen LogP contribution in [0.2, 0.25) is 0 Å². The van der Waals surface area contributed by atoms with Crippen molar-refractivity contribution in [2.45, 2.75) is 33.1 Å². The second-order valence-corrected chi connectivity index (χ2v) is 5.87. The van der Waals surface area contributed by atoms with Gasteiger partial charge >= 0.3 is 0 Å². The number of allylic oxidation sites excluding steroid dienone is 1. The summed E-state index contributed by atoms with van der Waals surface area (Å²) >= 11 is 5.72. The molecule has 0 aliphatic carbocycles. The van der Waals surface area contributed by atoms with Gasteiger partial charge in [0.1, 0.15) is 18.1 Å². The van der Waals surface area contributed by atoms with Crippen molar-refractivity contribution in [3.05, 3.63) is 35.4 Å². The highest BCUT2D eigenvalue weighted by Gasteiger charge is 2.19. The topological polar surface area (TPSA) is 18.5 Å². The molecular weight excluding hydrogens is 260 g/mol. The number of ether oxygens (including phenoxy) is 2. The van der Waals surface area contributed by atoms with E-state index in [1.807, 2.05) is 31.2 Å². The molecule has 1 aromatic carbocycles. The van der Waals surface area contributed by atoms with Crippen LogP contribution in [0.3, 0.4) is 0 Å². The molecule has 0 aromatic heterocycles. The summed E-state index contributed by atoms with van der Waals surface area (Å²) in [6.45, 7) is 9.00. The number of alkyl halides is 1. The Bertz CT molecular complexity index is 445. The number of methoxy groups -OCH3 is 1. The Morgan fingerprint density at radius 2 is 2.00 bits per heavy atom. The Balaban J connectivity index is 2.87. The molecule has 3 heteroatoms. The zero-order valence-corrected chi connectivity index (χ0v) is 13.2. The summed E-state index contributed by atoms with van der Waals surface area (Å²) in [5.74, 6) is 2.29. The van der Waals surface area contributed by atoms with Crippen molar-refractivity contribution >= 4 is 11.6 Å². The molecule has 0 amide bonds. The van der Waals surface area contributed by atoms with Crippen LogP contribution < -0.4 is 9.47 Å². The fraction of sp³-hybridized carbons (Fsp3) is 0.500. The molecule has 2 nitrogen and oxygen atoms in total. The number of benzene rings is 1. The quantitative estimate of drug-likeness (QED) is 0.582. The summed E-state index contributed by atoms with van der Waals surface area (Å²) in [4.78, 5) is 0. The van der Waals surface area contributed by atoms with Gasteiger partial charge in [-0.15, -0.1) is 11.6 Å². The molecule has 106 valence electrons. The largest absolute Gasteiger partial charge is 0.496 e. The van der Waals surface area contributed by atoms with Crippen LogP contribution in [0.25, 0.3) is 0 Å². The Labute approximate surface area is 121 Å². The molecule has 0 bridgehead atoms. The highest BCUT2D eigenvalue weighted by molar-refractivity contribution is 6.19. The summed E-state index contributed by atoms with van der Waals surface area (Å²) in [6, 6.07) is 5.93. The molecule has 0 heterocycles. The second kappa shape index (κ2) is 6.85. The highest BCUT2D eigenvalue weighted by Crippen LogP contribution is 2.34. The second-order valence-electron chi connectivity index (χ2n) is 5.61. The molecule has 19 heavy (non-hydrogen) atoms. The number of hydrogen-bond donors (Lipinski definition) is 0.